The van der Waals surface area contributed by atoms with E-state index in [0.717, 1.165) is 12.8 Å². The van der Waals surface area contributed by atoms with Crippen LogP contribution in [0.25, 0.3) is 0 Å². The van der Waals surface area contributed by atoms with Crippen LogP contribution in [0.4, 0.5) is 0 Å². The Labute approximate surface area is 122 Å². The van der Waals surface area contributed by atoms with Crippen LogP contribution in [0.5, 0.6) is 0 Å². The van der Waals surface area contributed by atoms with E-state index in [1.54, 1.807) is 0 Å². The van der Waals surface area contributed by atoms with E-state index in [4.69, 9.17) is 10.5 Å². The number of ether oxygens (including phenoxy) is 1. The Morgan fingerprint density at radius 3 is 2.35 bits per heavy atom. The van der Waals surface area contributed by atoms with Gasteiger partial charge in [-0.3, -0.25) is 4.79 Å². The highest BCUT2D eigenvalue weighted by molar-refractivity contribution is 5.89. The van der Waals surface area contributed by atoms with E-state index < -0.39 is 5.54 Å². The van der Waals surface area contributed by atoms with Gasteiger partial charge in [0.2, 0.25) is 5.91 Å². The third-order valence-corrected chi connectivity index (χ3v) is 5.61. The first-order valence-electron chi connectivity index (χ1n) is 7.98. The molecule has 3 N–H and O–H groups in total. The highest BCUT2D eigenvalue weighted by Crippen LogP contribution is 2.50. The van der Waals surface area contributed by atoms with Crippen LogP contribution in [-0.4, -0.2) is 29.7 Å². The molecule has 0 saturated heterocycles. The summed E-state index contributed by atoms with van der Waals surface area (Å²) in [5.74, 6) is 0.00264. The van der Waals surface area contributed by atoms with Gasteiger partial charge in [-0.25, -0.2) is 0 Å². The molecule has 0 aromatic heterocycles. The molecule has 2 unspecified atom stereocenters. The monoisotopic (exact) mass is 282 g/mol. The minimum absolute atomic E-state index is 0.00264. The zero-order valence-electron chi connectivity index (χ0n) is 13.4. The van der Waals surface area contributed by atoms with Gasteiger partial charge in [-0.05, 0) is 26.7 Å². The van der Waals surface area contributed by atoms with Gasteiger partial charge in [-0.2, -0.15) is 0 Å². The molecule has 116 valence electrons. The summed E-state index contributed by atoms with van der Waals surface area (Å²) in [6.07, 6.45) is 6.49. The predicted molar refractivity (Wildman–Crippen MR) is 80.4 cm³/mol. The minimum atomic E-state index is -0.798. The van der Waals surface area contributed by atoms with Crippen molar-refractivity contribution in [3.8, 4) is 0 Å². The molecule has 4 nitrogen and oxygen atoms in total. The summed E-state index contributed by atoms with van der Waals surface area (Å²) in [6, 6.07) is 0. The molecule has 4 heteroatoms. The molecule has 2 saturated carbocycles. The Bertz CT molecular complexity index is 375. The molecule has 2 aliphatic carbocycles. The zero-order chi connectivity index (χ0) is 15.0. The Balaban J connectivity index is 2.02. The Hall–Kier alpha value is -0.610. The van der Waals surface area contributed by atoms with Gasteiger partial charge in [0, 0.05) is 24.0 Å². The van der Waals surface area contributed by atoms with Crippen LogP contribution in [0.15, 0.2) is 0 Å². The number of amides is 1. The van der Waals surface area contributed by atoms with Crippen molar-refractivity contribution in [2.75, 3.05) is 6.61 Å². The van der Waals surface area contributed by atoms with Crippen molar-refractivity contribution in [3.63, 3.8) is 0 Å². The number of carbonyl (C=O) groups excluding carboxylic acids is 1. The van der Waals surface area contributed by atoms with E-state index in [2.05, 4.69) is 12.2 Å². The topological polar surface area (TPSA) is 64.3 Å². The first-order valence-corrected chi connectivity index (χ1v) is 7.98. The number of hydrogen-bond acceptors (Lipinski definition) is 3. The van der Waals surface area contributed by atoms with Crippen LogP contribution in [0.3, 0.4) is 0 Å². The van der Waals surface area contributed by atoms with Crippen molar-refractivity contribution in [2.24, 2.45) is 11.1 Å². The van der Waals surface area contributed by atoms with Crippen molar-refractivity contribution < 1.29 is 9.53 Å². The van der Waals surface area contributed by atoms with Gasteiger partial charge in [-0.1, -0.05) is 33.1 Å². The molecule has 0 bridgehead atoms. The van der Waals surface area contributed by atoms with Crippen molar-refractivity contribution in [3.05, 3.63) is 0 Å². The largest absolute Gasteiger partial charge is 0.378 e. The molecule has 2 atom stereocenters. The number of rotatable bonds is 4. The molecular formula is C16H30N2O2. The van der Waals surface area contributed by atoms with E-state index in [-0.39, 0.29) is 23.0 Å². The van der Waals surface area contributed by atoms with Crippen molar-refractivity contribution >= 4 is 5.91 Å². The molecule has 0 heterocycles. The van der Waals surface area contributed by atoms with Gasteiger partial charge in [0.05, 0.1) is 6.10 Å². The first kappa shape index (κ1) is 15.8. The molecule has 0 aliphatic heterocycles. The molecule has 20 heavy (non-hydrogen) atoms. The molecule has 0 aromatic carbocycles. The van der Waals surface area contributed by atoms with E-state index in [9.17, 15) is 4.79 Å². The van der Waals surface area contributed by atoms with E-state index in [0.29, 0.717) is 13.0 Å². The summed E-state index contributed by atoms with van der Waals surface area (Å²) in [5.41, 5.74) is 5.25. The quantitative estimate of drug-likeness (QED) is 0.832. The second kappa shape index (κ2) is 5.30. The van der Waals surface area contributed by atoms with E-state index in [1.807, 2.05) is 20.8 Å². The summed E-state index contributed by atoms with van der Waals surface area (Å²) >= 11 is 0. The minimum Gasteiger partial charge on any atom is -0.378 e. The van der Waals surface area contributed by atoms with Gasteiger partial charge in [0.1, 0.15) is 5.54 Å². The van der Waals surface area contributed by atoms with E-state index in [1.165, 1.54) is 19.3 Å². The average molecular weight is 282 g/mol. The molecule has 0 radical (unpaired) electrons. The number of nitrogens with one attached hydrogen (secondary N) is 1. The fraction of sp³-hybridized carbons (Fsp3) is 0.938. The van der Waals surface area contributed by atoms with Crippen molar-refractivity contribution in [1.29, 1.82) is 0 Å². The predicted octanol–water partition coefficient (Wildman–Crippen LogP) is 2.36. The molecule has 2 rings (SSSR count). The van der Waals surface area contributed by atoms with Crippen LogP contribution >= 0.6 is 0 Å². The van der Waals surface area contributed by atoms with Gasteiger partial charge < -0.3 is 15.8 Å². The van der Waals surface area contributed by atoms with Crippen LogP contribution < -0.4 is 11.1 Å². The molecular weight excluding hydrogens is 252 g/mol. The lowest BCUT2D eigenvalue weighted by Gasteiger charge is -2.58. The van der Waals surface area contributed by atoms with Crippen LogP contribution in [0.1, 0.15) is 66.2 Å². The fourth-order valence-electron chi connectivity index (χ4n) is 3.66. The third kappa shape index (κ3) is 2.48. The maximum absolute atomic E-state index is 12.7. The molecule has 2 aliphatic rings. The summed E-state index contributed by atoms with van der Waals surface area (Å²) in [5, 5.41) is 3.24. The molecule has 2 fully saturated rings. The molecule has 0 aromatic rings. The standard InChI is InChI=1S/C16H30N2O2/c1-5-20-12-11-16(17,14(12,2)3)13(19)18-15(4)9-7-6-8-10-15/h12H,5-11,17H2,1-4H3,(H,18,19). The lowest BCUT2D eigenvalue weighted by atomic mass is 9.54. The van der Waals surface area contributed by atoms with Crippen molar-refractivity contribution in [1.82, 2.24) is 5.32 Å². The number of hydrogen-bond donors (Lipinski definition) is 2. The van der Waals surface area contributed by atoms with Gasteiger partial charge in [0.15, 0.2) is 0 Å². The Kier molecular flexibility index (Phi) is 4.18. The van der Waals surface area contributed by atoms with Crippen LogP contribution in [-0.2, 0) is 9.53 Å². The van der Waals surface area contributed by atoms with Gasteiger partial charge in [-0.15, -0.1) is 0 Å². The summed E-state index contributed by atoms with van der Waals surface area (Å²) in [7, 11) is 0. The Morgan fingerprint density at radius 2 is 1.85 bits per heavy atom. The number of carbonyl (C=O) groups is 1. The summed E-state index contributed by atoms with van der Waals surface area (Å²) < 4.78 is 5.69. The lowest BCUT2D eigenvalue weighted by molar-refractivity contribution is -0.172. The molecule has 0 spiro atoms. The van der Waals surface area contributed by atoms with Gasteiger partial charge in [0.25, 0.3) is 0 Å². The zero-order valence-corrected chi connectivity index (χ0v) is 13.4. The normalized spacial score (nSPS) is 35.1. The average Bonchev–Trinajstić information content (AvgIpc) is 2.38. The van der Waals surface area contributed by atoms with E-state index >= 15 is 0 Å². The van der Waals surface area contributed by atoms with Crippen LogP contribution in [0, 0.1) is 5.41 Å². The Morgan fingerprint density at radius 1 is 1.25 bits per heavy atom. The molecule has 1 amide bonds. The fourth-order valence-corrected chi connectivity index (χ4v) is 3.66. The maximum atomic E-state index is 12.7. The second-order valence-electron chi connectivity index (χ2n) is 7.42. The lowest BCUT2D eigenvalue weighted by Crippen LogP contribution is -2.77. The second-order valence-corrected chi connectivity index (χ2v) is 7.42. The first-order chi connectivity index (χ1) is 9.25. The highest BCUT2D eigenvalue weighted by Gasteiger charge is 2.63. The smallest absolute Gasteiger partial charge is 0.241 e. The summed E-state index contributed by atoms with van der Waals surface area (Å²) in [6.45, 7) is 8.89. The van der Waals surface area contributed by atoms with Gasteiger partial charge >= 0.3 is 0 Å². The maximum Gasteiger partial charge on any atom is 0.241 e. The van der Waals surface area contributed by atoms with Crippen molar-refractivity contribution in [2.45, 2.75) is 83.4 Å². The number of nitrogens with two attached hydrogens (primary N) is 1. The highest BCUT2D eigenvalue weighted by atomic mass is 16.5. The van der Waals surface area contributed by atoms with Crippen LogP contribution in [0.2, 0.25) is 0 Å². The SMILES string of the molecule is CCOC1CC(N)(C(=O)NC2(C)CCCCC2)C1(C)C. The summed E-state index contributed by atoms with van der Waals surface area (Å²) in [4.78, 5) is 12.7. The third-order valence-electron chi connectivity index (χ3n) is 5.61.